The van der Waals surface area contributed by atoms with E-state index in [4.69, 9.17) is 17.3 Å². The van der Waals surface area contributed by atoms with Gasteiger partial charge in [0.15, 0.2) is 5.16 Å². The Bertz CT molecular complexity index is 592. The molecule has 0 unspecified atom stereocenters. The van der Waals surface area contributed by atoms with Crippen molar-refractivity contribution in [3.05, 3.63) is 39.3 Å². The Labute approximate surface area is 107 Å². The van der Waals surface area contributed by atoms with Crippen LogP contribution in [0.2, 0.25) is 5.02 Å². The summed E-state index contributed by atoms with van der Waals surface area (Å²) in [6.45, 7) is 0.390. The minimum atomic E-state index is -0.256. The number of hydrogen-bond acceptors (Lipinski definition) is 4. The highest BCUT2D eigenvalue weighted by Gasteiger charge is 2.12. The molecule has 90 valence electrons. The van der Waals surface area contributed by atoms with E-state index in [1.807, 2.05) is 12.1 Å². The van der Waals surface area contributed by atoms with Gasteiger partial charge in [-0.2, -0.15) is 0 Å². The van der Waals surface area contributed by atoms with Crippen molar-refractivity contribution >= 4 is 23.4 Å². The maximum absolute atomic E-state index is 11.2. The first kappa shape index (κ1) is 12.2. The summed E-state index contributed by atoms with van der Waals surface area (Å²) in [6.07, 6.45) is 0. The van der Waals surface area contributed by atoms with Crippen LogP contribution >= 0.6 is 23.4 Å². The van der Waals surface area contributed by atoms with E-state index in [0.29, 0.717) is 16.7 Å². The van der Waals surface area contributed by atoms with Crippen molar-refractivity contribution in [3.63, 3.8) is 0 Å². The predicted molar refractivity (Wildman–Crippen MR) is 67.3 cm³/mol. The lowest BCUT2D eigenvalue weighted by Gasteiger charge is -2.08. The van der Waals surface area contributed by atoms with Gasteiger partial charge in [0.2, 0.25) is 0 Å². The summed E-state index contributed by atoms with van der Waals surface area (Å²) >= 11 is 7.44. The van der Waals surface area contributed by atoms with Crippen LogP contribution < -0.4 is 11.4 Å². The Kier molecular flexibility index (Phi) is 3.56. The molecule has 0 fully saturated rings. The number of halogens is 1. The first-order valence-corrected chi connectivity index (χ1v) is 6.09. The number of hydrogen-bond donors (Lipinski definition) is 2. The largest absolute Gasteiger partial charge is 0.343 e. The highest BCUT2D eigenvalue weighted by molar-refractivity contribution is 7.99. The van der Waals surface area contributed by atoms with Gasteiger partial charge in [0.25, 0.3) is 0 Å². The summed E-state index contributed by atoms with van der Waals surface area (Å²) in [7, 11) is 1.65. The van der Waals surface area contributed by atoms with Gasteiger partial charge in [0.1, 0.15) is 0 Å². The van der Waals surface area contributed by atoms with Crippen LogP contribution in [0.1, 0.15) is 5.56 Å². The fraction of sp³-hybridized carbons (Fsp3) is 0.200. The molecule has 3 N–H and O–H groups in total. The first-order chi connectivity index (χ1) is 8.13. The van der Waals surface area contributed by atoms with Crippen LogP contribution in [0, 0.1) is 0 Å². The molecular weight excluding hydrogens is 260 g/mol. The van der Waals surface area contributed by atoms with Gasteiger partial charge in [-0.25, -0.2) is 9.89 Å². The lowest BCUT2D eigenvalue weighted by atomic mass is 10.2. The predicted octanol–water partition coefficient (Wildman–Crippen LogP) is 1.37. The second-order valence-electron chi connectivity index (χ2n) is 3.40. The van der Waals surface area contributed by atoms with E-state index >= 15 is 0 Å². The zero-order chi connectivity index (χ0) is 12.4. The zero-order valence-corrected chi connectivity index (χ0v) is 10.7. The zero-order valence-electron chi connectivity index (χ0n) is 9.11. The van der Waals surface area contributed by atoms with Crippen LogP contribution in [0.5, 0.6) is 0 Å². The molecule has 0 radical (unpaired) electrons. The molecule has 17 heavy (non-hydrogen) atoms. The molecule has 1 heterocycles. The van der Waals surface area contributed by atoms with Crippen LogP contribution in [0.25, 0.3) is 0 Å². The molecule has 0 saturated heterocycles. The van der Waals surface area contributed by atoms with E-state index in [1.165, 1.54) is 16.3 Å². The summed E-state index contributed by atoms with van der Waals surface area (Å²) < 4.78 is 1.42. The molecule has 0 aliphatic carbocycles. The van der Waals surface area contributed by atoms with E-state index in [-0.39, 0.29) is 5.69 Å². The standard InChI is InChI=1S/C10H11ClN4OS/c1-15-9(16)13-14-10(15)17-8-6(5-12)3-2-4-7(8)11/h2-4H,5,12H2,1H3,(H,13,16). The number of H-pyrrole nitrogens is 1. The average molecular weight is 271 g/mol. The maximum atomic E-state index is 11.2. The number of benzene rings is 1. The highest BCUT2D eigenvalue weighted by atomic mass is 35.5. The Morgan fingerprint density at radius 2 is 2.35 bits per heavy atom. The number of aromatic amines is 1. The fourth-order valence-corrected chi connectivity index (χ4v) is 2.60. The van der Waals surface area contributed by atoms with Gasteiger partial charge < -0.3 is 5.73 Å². The van der Waals surface area contributed by atoms with Gasteiger partial charge in [0.05, 0.1) is 5.02 Å². The molecule has 0 amide bonds. The molecule has 0 saturated carbocycles. The van der Waals surface area contributed by atoms with Crippen LogP contribution in [-0.4, -0.2) is 14.8 Å². The quantitative estimate of drug-likeness (QED) is 0.883. The molecule has 0 bridgehead atoms. The van der Waals surface area contributed by atoms with E-state index in [0.717, 1.165) is 10.5 Å². The van der Waals surface area contributed by atoms with Crippen molar-refractivity contribution in [2.45, 2.75) is 16.6 Å². The van der Waals surface area contributed by atoms with Crippen molar-refractivity contribution in [1.82, 2.24) is 14.8 Å². The Hall–Kier alpha value is -1.24. The lowest BCUT2D eigenvalue weighted by Crippen LogP contribution is -2.12. The van der Waals surface area contributed by atoms with E-state index < -0.39 is 0 Å². The van der Waals surface area contributed by atoms with E-state index in [1.54, 1.807) is 13.1 Å². The van der Waals surface area contributed by atoms with E-state index in [2.05, 4.69) is 10.2 Å². The molecule has 1 aromatic carbocycles. The van der Waals surface area contributed by atoms with Crippen LogP contribution in [0.15, 0.2) is 33.0 Å². The third-order valence-corrected chi connectivity index (χ3v) is 3.96. The molecule has 2 rings (SSSR count). The van der Waals surface area contributed by atoms with Crippen molar-refractivity contribution in [1.29, 1.82) is 0 Å². The third kappa shape index (κ3) is 2.38. The van der Waals surface area contributed by atoms with Crippen molar-refractivity contribution in [2.75, 3.05) is 0 Å². The monoisotopic (exact) mass is 270 g/mol. The van der Waals surface area contributed by atoms with Crippen LogP contribution in [0.4, 0.5) is 0 Å². The minimum Gasteiger partial charge on any atom is -0.326 e. The van der Waals surface area contributed by atoms with Crippen LogP contribution in [-0.2, 0) is 13.6 Å². The van der Waals surface area contributed by atoms with Gasteiger partial charge in [-0.05, 0) is 23.4 Å². The lowest BCUT2D eigenvalue weighted by molar-refractivity contribution is 0.765. The highest BCUT2D eigenvalue weighted by Crippen LogP contribution is 2.34. The third-order valence-electron chi connectivity index (χ3n) is 2.30. The van der Waals surface area contributed by atoms with Crippen LogP contribution in [0.3, 0.4) is 0 Å². The van der Waals surface area contributed by atoms with Gasteiger partial charge in [-0.3, -0.25) is 4.57 Å². The summed E-state index contributed by atoms with van der Waals surface area (Å²) in [5.74, 6) is 0. The summed E-state index contributed by atoms with van der Waals surface area (Å²) in [6, 6.07) is 5.53. The number of aromatic nitrogens is 3. The fourth-order valence-electron chi connectivity index (χ4n) is 1.34. The molecule has 0 aliphatic rings. The SMILES string of the molecule is Cn1c(Sc2c(Cl)cccc2CN)n[nH]c1=O. The molecule has 5 nitrogen and oxygen atoms in total. The molecule has 1 aromatic heterocycles. The molecule has 2 aromatic rings. The maximum Gasteiger partial charge on any atom is 0.343 e. The van der Waals surface area contributed by atoms with Gasteiger partial charge in [-0.1, -0.05) is 23.7 Å². The molecule has 0 atom stereocenters. The topological polar surface area (TPSA) is 76.7 Å². The smallest absolute Gasteiger partial charge is 0.326 e. The molecule has 0 spiro atoms. The second kappa shape index (κ2) is 4.95. The molecule has 7 heteroatoms. The van der Waals surface area contributed by atoms with Crippen molar-refractivity contribution in [2.24, 2.45) is 12.8 Å². The van der Waals surface area contributed by atoms with E-state index in [9.17, 15) is 4.79 Å². The van der Waals surface area contributed by atoms with Gasteiger partial charge in [-0.15, -0.1) is 5.10 Å². The van der Waals surface area contributed by atoms with Crippen molar-refractivity contribution < 1.29 is 0 Å². The molecule has 0 aliphatic heterocycles. The van der Waals surface area contributed by atoms with Gasteiger partial charge >= 0.3 is 5.69 Å². The Morgan fingerprint density at radius 1 is 1.59 bits per heavy atom. The Balaban J connectivity index is 2.42. The Morgan fingerprint density at radius 3 is 2.94 bits per heavy atom. The average Bonchev–Trinajstić information content (AvgIpc) is 2.63. The second-order valence-corrected chi connectivity index (χ2v) is 4.79. The number of rotatable bonds is 3. The van der Waals surface area contributed by atoms with Crippen molar-refractivity contribution in [3.8, 4) is 0 Å². The number of nitrogens with one attached hydrogen (secondary N) is 1. The normalized spacial score (nSPS) is 10.8. The van der Waals surface area contributed by atoms with Gasteiger partial charge in [0, 0.05) is 18.5 Å². The minimum absolute atomic E-state index is 0.256. The first-order valence-electron chi connectivity index (χ1n) is 4.90. The molecular formula is C10H11ClN4OS. The summed E-state index contributed by atoms with van der Waals surface area (Å²) in [4.78, 5) is 12.1. The summed E-state index contributed by atoms with van der Waals surface area (Å²) in [5.41, 5.74) is 6.32. The summed E-state index contributed by atoms with van der Waals surface area (Å²) in [5, 5.41) is 7.45. The number of nitrogens with zero attached hydrogens (tertiary/aromatic N) is 2. The number of nitrogens with two attached hydrogens (primary N) is 1.